The van der Waals surface area contributed by atoms with Crippen molar-refractivity contribution in [2.75, 3.05) is 6.61 Å². The van der Waals surface area contributed by atoms with Crippen molar-refractivity contribution in [3.05, 3.63) is 58.4 Å². The summed E-state index contributed by atoms with van der Waals surface area (Å²) in [6.07, 6.45) is -0.210. The van der Waals surface area contributed by atoms with E-state index < -0.39 is 11.8 Å². The van der Waals surface area contributed by atoms with Crippen LogP contribution < -0.4 is 4.74 Å². The second-order valence-corrected chi connectivity index (χ2v) is 5.24. The van der Waals surface area contributed by atoms with Crippen molar-refractivity contribution in [2.24, 2.45) is 0 Å². The van der Waals surface area contributed by atoms with Gasteiger partial charge in [0.1, 0.15) is 5.75 Å². The summed E-state index contributed by atoms with van der Waals surface area (Å²) in [7, 11) is 0. The molecule has 25 heavy (non-hydrogen) atoms. The van der Waals surface area contributed by atoms with Gasteiger partial charge in [-0.2, -0.15) is 10.5 Å². The molecule has 5 nitrogen and oxygen atoms in total. The van der Waals surface area contributed by atoms with Gasteiger partial charge in [0.25, 0.3) is 0 Å². The van der Waals surface area contributed by atoms with Gasteiger partial charge in [-0.3, -0.25) is 4.79 Å². The zero-order chi connectivity index (χ0) is 18.4. The van der Waals surface area contributed by atoms with E-state index in [2.05, 4.69) is 0 Å². The van der Waals surface area contributed by atoms with Crippen LogP contribution in [-0.2, 0) is 16.0 Å². The molecule has 0 saturated carbocycles. The van der Waals surface area contributed by atoms with Gasteiger partial charge < -0.3 is 9.47 Å². The van der Waals surface area contributed by atoms with Gasteiger partial charge in [-0.05, 0) is 37.6 Å². The Kier molecular flexibility index (Phi) is 5.71. The first-order valence-electron chi connectivity index (χ1n) is 7.55. The van der Waals surface area contributed by atoms with Crippen LogP contribution in [0.5, 0.6) is 11.5 Å². The molecule has 0 saturated heterocycles. The molecule has 2 rings (SSSR count). The lowest BCUT2D eigenvalue weighted by molar-refractivity contribution is -0.142. The van der Waals surface area contributed by atoms with E-state index in [9.17, 15) is 9.18 Å². The smallest absolute Gasteiger partial charge is 0.310 e. The molecule has 0 aromatic heterocycles. The average Bonchev–Trinajstić information content (AvgIpc) is 2.61. The van der Waals surface area contributed by atoms with E-state index in [1.165, 1.54) is 24.3 Å². The number of rotatable bonds is 5. The minimum absolute atomic E-state index is 0.0548. The fourth-order valence-corrected chi connectivity index (χ4v) is 2.23. The number of nitrogens with zero attached hydrogens (tertiary/aromatic N) is 2. The molecule has 0 amide bonds. The number of esters is 1. The van der Waals surface area contributed by atoms with E-state index in [0.717, 1.165) is 0 Å². The molecule has 2 aromatic rings. The van der Waals surface area contributed by atoms with Crippen molar-refractivity contribution >= 4 is 5.97 Å². The lowest BCUT2D eigenvalue weighted by Crippen LogP contribution is -2.09. The summed E-state index contributed by atoms with van der Waals surface area (Å²) in [5.74, 6) is -1.09. The van der Waals surface area contributed by atoms with E-state index >= 15 is 0 Å². The maximum Gasteiger partial charge on any atom is 0.310 e. The van der Waals surface area contributed by atoms with Gasteiger partial charge in [0.05, 0.1) is 36.3 Å². The Morgan fingerprint density at radius 2 is 1.80 bits per heavy atom. The van der Waals surface area contributed by atoms with Gasteiger partial charge in [-0.15, -0.1) is 0 Å². The molecule has 0 fully saturated rings. The first-order valence-corrected chi connectivity index (χ1v) is 7.55. The molecule has 2 aromatic carbocycles. The van der Waals surface area contributed by atoms with Crippen LogP contribution in [0.25, 0.3) is 0 Å². The first kappa shape index (κ1) is 18.0. The third-order valence-corrected chi connectivity index (χ3v) is 3.40. The van der Waals surface area contributed by atoms with Crippen molar-refractivity contribution in [3.63, 3.8) is 0 Å². The standard InChI is InChI=1S/C19H15FN2O3/c1-3-24-17(23)9-15-5-4-12(2)19(18(15)20)25-16-7-13(10-21)6-14(8-16)11-22/h4-8H,3,9H2,1-2H3. The van der Waals surface area contributed by atoms with E-state index in [4.69, 9.17) is 20.0 Å². The minimum atomic E-state index is -0.672. The fraction of sp³-hybridized carbons (Fsp3) is 0.211. The highest BCUT2D eigenvalue weighted by molar-refractivity contribution is 5.73. The summed E-state index contributed by atoms with van der Waals surface area (Å²) in [6, 6.07) is 11.2. The summed E-state index contributed by atoms with van der Waals surface area (Å²) in [5, 5.41) is 18.0. The molecule has 0 heterocycles. The van der Waals surface area contributed by atoms with Gasteiger partial charge in [-0.1, -0.05) is 12.1 Å². The molecule has 0 N–H and O–H groups in total. The molecule has 0 atom stereocenters. The fourth-order valence-electron chi connectivity index (χ4n) is 2.23. The number of nitriles is 2. The quantitative estimate of drug-likeness (QED) is 0.775. The summed E-state index contributed by atoms with van der Waals surface area (Å²) < 4.78 is 25.1. The number of benzene rings is 2. The van der Waals surface area contributed by atoms with Crippen LogP contribution in [0.3, 0.4) is 0 Å². The third-order valence-electron chi connectivity index (χ3n) is 3.40. The van der Waals surface area contributed by atoms with Gasteiger partial charge >= 0.3 is 5.97 Å². The number of carbonyl (C=O) groups excluding carboxylic acids is 1. The van der Waals surface area contributed by atoms with Crippen molar-refractivity contribution in [1.29, 1.82) is 10.5 Å². The van der Waals surface area contributed by atoms with Gasteiger partial charge in [0, 0.05) is 5.56 Å². The lowest BCUT2D eigenvalue weighted by atomic mass is 10.1. The molecule has 126 valence electrons. The maximum absolute atomic E-state index is 14.7. The normalized spacial score (nSPS) is 9.80. The van der Waals surface area contributed by atoms with E-state index in [-0.39, 0.29) is 41.2 Å². The van der Waals surface area contributed by atoms with Gasteiger partial charge in [0.15, 0.2) is 11.6 Å². The number of carbonyl (C=O) groups is 1. The highest BCUT2D eigenvalue weighted by atomic mass is 19.1. The van der Waals surface area contributed by atoms with Crippen LogP contribution in [0.2, 0.25) is 0 Å². The van der Waals surface area contributed by atoms with Crippen LogP contribution in [0.4, 0.5) is 4.39 Å². The van der Waals surface area contributed by atoms with Crippen molar-refractivity contribution in [3.8, 4) is 23.6 Å². The predicted octanol–water partition coefficient (Wildman–Crippen LogP) is 3.78. The maximum atomic E-state index is 14.7. The Hall–Kier alpha value is -3.38. The highest BCUT2D eigenvalue weighted by Crippen LogP contribution is 2.31. The summed E-state index contributed by atoms with van der Waals surface area (Å²) in [4.78, 5) is 11.6. The van der Waals surface area contributed by atoms with Crippen LogP contribution in [0.1, 0.15) is 29.2 Å². The SMILES string of the molecule is CCOC(=O)Cc1ccc(C)c(Oc2cc(C#N)cc(C#N)c2)c1F. The molecular weight excluding hydrogens is 323 g/mol. The molecule has 0 unspecified atom stereocenters. The molecule has 0 aliphatic heterocycles. The molecule has 6 heteroatoms. The zero-order valence-electron chi connectivity index (χ0n) is 13.8. The summed E-state index contributed by atoms with van der Waals surface area (Å²) in [5.41, 5.74) is 1.13. The second-order valence-electron chi connectivity index (χ2n) is 5.24. The number of aryl methyl sites for hydroxylation is 1. The Balaban J connectivity index is 2.38. The zero-order valence-corrected chi connectivity index (χ0v) is 13.8. The summed E-state index contributed by atoms with van der Waals surface area (Å²) in [6.45, 7) is 3.55. The van der Waals surface area contributed by atoms with Gasteiger partial charge in [0.2, 0.25) is 0 Å². The number of hydrogen-bond acceptors (Lipinski definition) is 5. The number of halogens is 1. The predicted molar refractivity (Wildman–Crippen MR) is 87.4 cm³/mol. The van der Waals surface area contributed by atoms with Gasteiger partial charge in [-0.25, -0.2) is 4.39 Å². The number of hydrogen-bond donors (Lipinski definition) is 0. The third kappa shape index (κ3) is 4.33. The molecule has 0 aliphatic rings. The summed E-state index contributed by atoms with van der Waals surface area (Å²) >= 11 is 0. The van der Waals surface area contributed by atoms with Crippen molar-refractivity contribution in [2.45, 2.75) is 20.3 Å². The Morgan fingerprint density at radius 1 is 1.16 bits per heavy atom. The second kappa shape index (κ2) is 7.94. The van der Waals surface area contributed by atoms with Crippen LogP contribution >= 0.6 is 0 Å². The lowest BCUT2D eigenvalue weighted by Gasteiger charge is -2.13. The van der Waals surface area contributed by atoms with Crippen LogP contribution in [0.15, 0.2) is 30.3 Å². The molecule has 0 bridgehead atoms. The Bertz CT molecular complexity index is 863. The van der Waals surface area contributed by atoms with E-state index in [1.54, 1.807) is 19.9 Å². The first-order chi connectivity index (χ1) is 12.0. The van der Waals surface area contributed by atoms with Crippen molar-refractivity contribution in [1.82, 2.24) is 0 Å². The minimum Gasteiger partial charge on any atom is -0.466 e. The highest BCUT2D eigenvalue weighted by Gasteiger charge is 2.17. The largest absolute Gasteiger partial charge is 0.466 e. The Labute approximate surface area is 144 Å². The van der Waals surface area contributed by atoms with E-state index in [0.29, 0.717) is 5.56 Å². The molecule has 0 radical (unpaired) electrons. The van der Waals surface area contributed by atoms with Crippen LogP contribution in [0, 0.1) is 35.4 Å². The monoisotopic (exact) mass is 338 g/mol. The van der Waals surface area contributed by atoms with E-state index in [1.807, 2.05) is 12.1 Å². The topological polar surface area (TPSA) is 83.1 Å². The van der Waals surface area contributed by atoms with Crippen LogP contribution in [-0.4, -0.2) is 12.6 Å². The Morgan fingerprint density at radius 3 is 2.36 bits per heavy atom. The molecular formula is C19H15FN2O3. The molecule has 0 spiro atoms. The molecule has 0 aliphatic carbocycles. The number of ether oxygens (including phenoxy) is 2. The average molecular weight is 338 g/mol. The van der Waals surface area contributed by atoms with Crippen molar-refractivity contribution < 1.29 is 18.7 Å².